The summed E-state index contributed by atoms with van der Waals surface area (Å²) in [4.78, 5) is 25.0. The van der Waals surface area contributed by atoms with Gasteiger partial charge in [-0.15, -0.1) is 0 Å². The molecule has 45 heavy (non-hydrogen) atoms. The van der Waals surface area contributed by atoms with Gasteiger partial charge in [0.05, 0.1) is 9.79 Å². The van der Waals surface area contributed by atoms with Crippen LogP contribution in [0.15, 0.2) is 68.1 Å². The second-order valence-electron chi connectivity index (χ2n) is 10.9. The highest BCUT2D eigenvalue weighted by Crippen LogP contribution is 2.26. The molecular weight excluding hydrogens is 681 g/mol. The summed E-state index contributed by atoms with van der Waals surface area (Å²) in [5.41, 5.74) is -1.67. The number of carbonyl (C=O) groups is 2. The van der Waals surface area contributed by atoms with E-state index in [1.807, 2.05) is 0 Å². The molecule has 0 bridgehead atoms. The average Bonchev–Trinajstić information content (AvgIpc) is 2.86. The predicted molar refractivity (Wildman–Crippen MR) is 157 cm³/mol. The molecule has 2 amide bonds. The molecule has 4 N–H and O–H groups in total. The highest BCUT2D eigenvalue weighted by Gasteiger charge is 2.31. The normalized spacial score (nSPS) is 12.9. The highest BCUT2D eigenvalue weighted by atomic mass is 32.2. The molecule has 16 nitrogen and oxygen atoms in total. The van der Waals surface area contributed by atoms with E-state index in [-0.39, 0.29) is 29.8 Å². The molecule has 0 heterocycles. The summed E-state index contributed by atoms with van der Waals surface area (Å²) in [6.45, 7) is 7.60. The number of amides is 2. The number of benzene rings is 2. The Morgan fingerprint density at radius 2 is 1.02 bits per heavy atom. The second-order valence-corrected chi connectivity index (χ2v) is 16.5. The first kappa shape index (κ1) is 37.9. The van der Waals surface area contributed by atoms with Crippen molar-refractivity contribution < 1.29 is 61.5 Å². The molecule has 2 aromatic rings. The Balaban J connectivity index is 2.61. The Hall–Kier alpha value is -3.24. The third-order valence-electron chi connectivity index (χ3n) is 6.17. The van der Waals surface area contributed by atoms with Crippen molar-refractivity contribution in [1.29, 1.82) is 0 Å². The molecule has 20 heteroatoms. The van der Waals surface area contributed by atoms with E-state index < -0.39 is 90.4 Å². The van der Waals surface area contributed by atoms with Gasteiger partial charge < -0.3 is 9.80 Å². The molecule has 0 radical (unpaired) electrons. The van der Waals surface area contributed by atoms with Crippen molar-refractivity contribution in [3.63, 3.8) is 0 Å². The first-order valence-electron chi connectivity index (χ1n) is 12.5. The number of nitrogens with zero attached hydrogens (tertiary/aromatic N) is 2. The lowest BCUT2D eigenvalue weighted by molar-refractivity contribution is -0.141. The largest absolute Gasteiger partial charge is 0.336 e. The Morgan fingerprint density at radius 3 is 1.33 bits per heavy atom. The molecule has 0 spiro atoms. The molecule has 0 aromatic heterocycles. The Labute approximate surface area is 261 Å². The van der Waals surface area contributed by atoms with Gasteiger partial charge in [-0.1, -0.05) is 39.5 Å². The third-order valence-corrected chi connectivity index (χ3v) is 9.74. The van der Waals surface area contributed by atoms with E-state index in [4.69, 9.17) is 0 Å². The van der Waals surface area contributed by atoms with Crippen molar-refractivity contribution in [2.75, 3.05) is 13.1 Å². The molecule has 0 atom stereocenters. The average molecular weight is 713 g/mol. The first-order chi connectivity index (χ1) is 20.1. The van der Waals surface area contributed by atoms with Gasteiger partial charge in [-0.3, -0.25) is 27.8 Å². The molecule has 0 aliphatic heterocycles. The van der Waals surface area contributed by atoms with Crippen molar-refractivity contribution in [1.82, 2.24) is 9.80 Å². The van der Waals surface area contributed by atoms with Gasteiger partial charge in [-0.2, -0.15) is 33.7 Å². The van der Waals surface area contributed by atoms with Crippen molar-refractivity contribution in [3.8, 4) is 0 Å². The molecule has 2 aromatic carbocycles. The summed E-state index contributed by atoms with van der Waals surface area (Å²) < 4.78 is 133. The maximum atomic E-state index is 13.4. The zero-order chi connectivity index (χ0) is 34.9. The summed E-state index contributed by atoms with van der Waals surface area (Å²) in [6.07, 6.45) is 0. The van der Waals surface area contributed by atoms with Crippen molar-refractivity contribution in [2.24, 2.45) is 5.41 Å². The third kappa shape index (κ3) is 10.1. The van der Waals surface area contributed by atoms with Gasteiger partial charge in [0.15, 0.2) is 0 Å². The van der Waals surface area contributed by atoms with E-state index in [1.54, 1.807) is 0 Å². The van der Waals surface area contributed by atoms with Gasteiger partial charge in [0.25, 0.3) is 40.5 Å². The maximum absolute atomic E-state index is 13.4. The molecule has 0 fully saturated rings. The maximum Gasteiger partial charge on any atom is 0.294 e. The minimum absolute atomic E-state index is 0.0406. The number of rotatable bonds is 12. The van der Waals surface area contributed by atoms with Gasteiger partial charge in [-0.05, 0) is 42.3 Å². The first-order valence-corrected chi connectivity index (χ1v) is 18.3. The van der Waals surface area contributed by atoms with Crippen LogP contribution in [0.1, 0.15) is 38.8 Å². The van der Waals surface area contributed by atoms with Crippen LogP contribution < -0.4 is 0 Å². The van der Waals surface area contributed by atoms with E-state index in [0.717, 1.165) is 34.1 Å². The van der Waals surface area contributed by atoms with Crippen molar-refractivity contribution in [3.05, 3.63) is 59.7 Å². The van der Waals surface area contributed by atoms with Gasteiger partial charge in [0, 0.05) is 37.2 Å². The van der Waals surface area contributed by atoms with E-state index in [2.05, 4.69) is 6.58 Å². The SMILES string of the molecule is C=C(C)C(=O)N(CCN(Cc1ccc(S(=O)(=O)O)cc1S(=O)(=O)O)C(=O)C(C)(C)C)Cc1ccc(S(=O)(=O)O)cc1S(=O)(=O)O. The molecule has 2 rings (SSSR count). The second kappa shape index (κ2) is 13.2. The molecule has 0 unspecified atom stereocenters. The lowest BCUT2D eigenvalue weighted by atomic mass is 9.94. The zero-order valence-corrected chi connectivity index (χ0v) is 27.7. The Bertz CT molecular complexity index is 1960. The molecule has 0 aliphatic rings. The summed E-state index contributed by atoms with van der Waals surface area (Å²) in [6, 6.07) is 4.59. The van der Waals surface area contributed by atoms with Crippen LogP contribution in [-0.2, 0) is 63.2 Å². The molecule has 0 saturated carbocycles. The van der Waals surface area contributed by atoms with Crippen LogP contribution in [0, 0.1) is 5.41 Å². The topological polar surface area (TPSA) is 258 Å². The molecule has 0 saturated heterocycles. The van der Waals surface area contributed by atoms with E-state index in [9.17, 15) is 61.5 Å². The predicted octanol–water partition coefficient (Wildman–Crippen LogP) is 1.65. The van der Waals surface area contributed by atoms with E-state index in [1.165, 1.54) is 27.7 Å². The van der Waals surface area contributed by atoms with Crippen LogP contribution in [-0.4, -0.2) is 86.6 Å². The molecular formula is C25H32N2O14S4. The summed E-state index contributed by atoms with van der Waals surface area (Å²) in [5.74, 6) is -1.35. The number of hydrogen-bond acceptors (Lipinski definition) is 10. The minimum Gasteiger partial charge on any atom is -0.336 e. The number of hydrogen-bond donors (Lipinski definition) is 4. The van der Waals surface area contributed by atoms with Crippen molar-refractivity contribution >= 4 is 52.3 Å². The Morgan fingerprint density at radius 1 is 0.667 bits per heavy atom. The zero-order valence-electron chi connectivity index (χ0n) is 24.4. The fourth-order valence-electron chi connectivity index (χ4n) is 4.03. The van der Waals surface area contributed by atoms with E-state index in [0.29, 0.717) is 12.1 Å². The van der Waals surface area contributed by atoms with Crippen LogP contribution in [0.25, 0.3) is 0 Å². The van der Waals surface area contributed by atoms with Crippen LogP contribution in [0.3, 0.4) is 0 Å². The standard InChI is InChI=1S/C25H32N2O14S4/c1-16(2)23(28)26(14-17-6-8-19(42(30,31)32)12-21(17)44(36,37)38)10-11-27(24(29)25(3,4)5)15-18-7-9-20(43(33,34)35)13-22(18)45(39,40)41/h6-9,12-13H,1,10-11,14-15H2,2-5H3,(H,30,31,32)(H,33,34,35)(H,36,37,38)(H,39,40,41). The monoisotopic (exact) mass is 712 g/mol. The van der Waals surface area contributed by atoms with Gasteiger partial charge in [-0.25, -0.2) is 0 Å². The van der Waals surface area contributed by atoms with Crippen LogP contribution >= 0.6 is 0 Å². The minimum atomic E-state index is -5.09. The lowest BCUT2D eigenvalue weighted by Gasteiger charge is -2.33. The van der Waals surface area contributed by atoms with Crippen LogP contribution in [0.2, 0.25) is 0 Å². The lowest BCUT2D eigenvalue weighted by Crippen LogP contribution is -2.44. The number of carbonyl (C=O) groups excluding carboxylic acids is 2. The van der Waals surface area contributed by atoms with Gasteiger partial charge in [0.2, 0.25) is 11.8 Å². The molecule has 250 valence electrons. The summed E-state index contributed by atoms with van der Waals surface area (Å²) in [7, 11) is -19.9. The Kier molecular flexibility index (Phi) is 11.2. The van der Waals surface area contributed by atoms with Gasteiger partial charge in [0.1, 0.15) is 9.79 Å². The highest BCUT2D eigenvalue weighted by molar-refractivity contribution is 7.87. The summed E-state index contributed by atoms with van der Waals surface area (Å²) in [5, 5.41) is 0. The fourth-order valence-corrected chi connectivity index (χ4v) is 6.68. The quantitative estimate of drug-likeness (QED) is 0.180. The summed E-state index contributed by atoms with van der Waals surface area (Å²) >= 11 is 0. The van der Waals surface area contributed by atoms with Gasteiger partial charge >= 0.3 is 0 Å². The van der Waals surface area contributed by atoms with Crippen molar-refractivity contribution in [2.45, 2.75) is 60.4 Å². The fraction of sp³-hybridized carbons (Fsp3) is 0.360. The van der Waals surface area contributed by atoms with Crippen LogP contribution in [0.5, 0.6) is 0 Å². The smallest absolute Gasteiger partial charge is 0.294 e. The van der Waals surface area contributed by atoms with E-state index >= 15 is 0 Å². The molecule has 0 aliphatic carbocycles. The van der Waals surface area contributed by atoms with Crippen LogP contribution in [0.4, 0.5) is 0 Å².